The molecule has 1 heterocycles. The van der Waals surface area contributed by atoms with Crippen molar-refractivity contribution in [2.45, 2.75) is 44.4 Å². The molecule has 2 N–H and O–H groups in total. The Kier molecular flexibility index (Phi) is 5.66. The number of aromatic nitrogens is 2. The second-order valence-corrected chi connectivity index (χ2v) is 9.55. The molecule has 0 aliphatic heterocycles. The van der Waals surface area contributed by atoms with E-state index >= 15 is 0 Å². The number of carbonyl (C=O) groups is 2. The van der Waals surface area contributed by atoms with E-state index in [-0.39, 0.29) is 17.2 Å². The average molecular weight is 466 g/mol. The van der Waals surface area contributed by atoms with Crippen molar-refractivity contribution < 1.29 is 19.1 Å². The van der Waals surface area contributed by atoms with Crippen LogP contribution in [0.3, 0.4) is 0 Å². The van der Waals surface area contributed by atoms with Gasteiger partial charge in [-0.1, -0.05) is 35.9 Å². The summed E-state index contributed by atoms with van der Waals surface area (Å²) in [6, 6.07) is 15.1. The Morgan fingerprint density at radius 3 is 2.55 bits per heavy atom. The minimum atomic E-state index is -0.647. The Bertz CT molecular complexity index is 1180. The molecule has 0 saturated heterocycles. The summed E-state index contributed by atoms with van der Waals surface area (Å²) in [5.74, 6) is -0.570. The highest BCUT2D eigenvalue weighted by Gasteiger charge is 2.58. The van der Waals surface area contributed by atoms with Crippen molar-refractivity contribution in [1.82, 2.24) is 10.2 Å². The smallest absolute Gasteiger partial charge is 0.313 e. The number of benzene rings is 2. The summed E-state index contributed by atoms with van der Waals surface area (Å²) < 4.78 is 5.51. The highest BCUT2D eigenvalue weighted by molar-refractivity contribution is 6.30. The summed E-state index contributed by atoms with van der Waals surface area (Å²) in [5, 5.41) is 20.5. The molecule has 2 aromatic carbocycles. The zero-order valence-corrected chi connectivity index (χ0v) is 18.7. The maximum atomic E-state index is 12.5. The van der Waals surface area contributed by atoms with Gasteiger partial charge < -0.3 is 14.8 Å². The predicted molar refractivity (Wildman–Crippen MR) is 122 cm³/mol. The Morgan fingerprint density at radius 2 is 1.88 bits per heavy atom. The van der Waals surface area contributed by atoms with E-state index in [2.05, 4.69) is 15.5 Å². The summed E-state index contributed by atoms with van der Waals surface area (Å²) in [5.41, 5.74) is 2.84. The van der Waals surface area contributed by atoms with Crippen LogP contribution in [0.25, 0.3) is 0 Å². The molecule has 170 valence electrons. The van der Waals surface area contributed by atoms with E-state index in [1.54, 1.807) is 6.07 Å². The van der Waals surface area contributed by atoms with Gasteiger partial charge in [0.2, 0.25) is 5.89 Å². The predicted octanol–water partition coefficient (Wildman–Crippen LogP) is 5.31. The maximum absolute atomic E-state index is 12.5. The molecule has 8 heteroatoms. The van der Waals surface area contributed by atoms with Crippen molar-refractivity contribution in [1.29, 1.82) is 0 Å². The molecule has 1 aromatic heterocycles. The summed E-state index contributed by atoms with van der Waals surface area (Å²) in [6.07, 6.45) is 5.19. The number of carbonyl (C=O) groups excluding carboxylic acids is 1. The van der Waals surface area contributed by atoms with Crippen molar-refractivity contribution in [3.63, 3.8) is 0 Å². The molecule has 5 rings (SSSR count). The summed E-state index contributed by atoms with van der Waals surface area (Å²) in [6.45, 7) is 0. The van der Waals surface area contributed by atoms with Gasteiger partial charge in [0, 0.05) is 10.7 Å². The van der Waals surface area contributed by atoms with Crippen LogP contribution in [-0.4, -0.2) is 27.2 Å². The van der Waals surface area contributed by atoms with Gasteiger partial charge in [-0.2, -0.15) is 0 Å². The number of aliphatic carboxylic acids is 1. The molecule has 1 amide bonds. The first-order chi connectivity index (χ1) is 15.9. The monoisotopic (exact) mass is 465 g/mol. The minimum Gasteiger partial charge on any atom is -0.481 e. The van der Waals surface area contributed by atoms with Gasteiger partial charge in [-0.05, 0) is 78.8 Å². The minimum absolute atomic E-state index is 0.0476. The lowest BCUT2D eigenvalue weighted by molar-refractivity contribution is -0.139. The van der Waals surface area contributed by atoms with Crippen LogP contribution in [0.15, 0.2) is 52.9 Å². The molecule has 2 aliphatic rings. The number of halogens is 1. The van der Waals surface area contributed by atoms with Gasteiger partial charge in [0.15, 0.2) is 0 Å². The second kappa shape index (κ2) is 8.63. The van der Waals surface area contributed by atoms with Crippen molar-refractivity contribution in [3.8, 4) is 0 Å². The van der Waals surface area contributed by atoms with Crippen LogP contribution in [0.1, 0.15) is 65.7 Å². The molecular weight excluding hydrogens is 442 g/mol. The standard InChI is InChI=1S/C25H24ClN3O4/c26-18-3-1-2-15(12-18)13-21-28-29-23(33-21)22(30)27-19-6-4-16(5-7-19)17-8-10-25(11-9-17)14-20(25)24(31)32/h1-7,12,17,20H,8-11,13-14H2,(H,27,30)(H,31,32). The molecule has 2 aliphatic carbocycles. The van der Waals surface area contributed by atoms with Gasteiger partial charge in [-0.3, -0.25) is 9.59 Å². The largest absolute Gasteiger partial charge is 0.481 e. The normalized spacial score (nSPS) is 23.9. The Balaban J connectivity index is 1.16. The van der Waals surface area contributed by atoms with Gasteiger partial charge in [-0.25, -0.2) is 0 Å². The molecule has 1 unspecified atom stereocenters. The molecule has 2 fully saturated rings. The fourth-order valence-electron chi connectivity index (χ4n) is 5.04. The van der Waals surface area contributed by atoms with Gasteiger partial charge in [0.1, 0.15) is 0 Å². The van der Waals surface area contributed by atoms with Crippen LogP contribution >= 0.6 is 11.6 Å². The van der Waals surface area contributed by atoms with Gasteiger partial charge in [0.05, 0.1) is 12.3 Å². The molecule has 0 radical (unpaired) electrons. The van der Waals surface area contributed by atoms with Crippen LogP contribution < -0.4 is 5.32 Å². The molecule has 1 atom stereocenters. The van der Waals surface area contributed by atoms with E-state index in [4.69, 9.17) is 16.0 Å². The van der Waals surface area contributed by atoms with Crippen molar-refractivity contribution >= 4 is 29.2 Å². The lowest BCUT2D eigenvalue weighted by Gasteiger charge is -2.29. The number of nitrogens with zero attached hydrogens (tertiary/aromatic N) is 2. The summed E-state index contributed by atoms with van der Waals surface area (Å²) in [4.78, 5) is 23.8. The van der Waals surface area contributed by atoms with Gasteiger partial charge >= 0.3 is 17.8 Å². The van der Waals surface area contributed by atoms with E-state index in [1.165, 1.54) is 5.56 Å². The quantitative estimate of drug-likeness (QED) is 0.510. The van der Waals surface area contributed by atoms with Crippen LogP contribution in [0.2, 0.25) is 5.02 Å². The average Bonchev–Trinajstić information content (AvgIpc) is 3.30. The van der Waals surface area contributed by atoms with E-state index in [1.807, 2.05) is 42.5 Å². The third kappa shape index (κ3) is 4.64. The second-order valence-electron chi connectivity index (χ2n) is 9.12. The molecule has 3 aromatic rings. The number of hydrogen-bond donors (Lipinski definition) is 2. The number of hydrogen-bond acceptors (Lipinski definition) is 5. The lowest BCUT2D eigenvalue weighted by Crippen LogP contribution is -2.18. The molecule has 0 bridgehead atoms. The van der Waals surface area contributed by atoms with Crippen molar-refractivity contribution in [3.05, 3.63) is 76.5 Å². The number of carboxylic acid groups (broad SMARTS) is 1. The third-order valence-electron chi connectivity index (χ3n) is 7.01. The highest BCUT2D eigenvalue weighted by Crippen LogP contribution is 2.63. The van der Waals surface area contributed by atoms with E-state index < -0.39 is 11.9 Å². The number of carboxylic acids is 1. The zero-order chi connectivity index (χ0) is 23.0. The van der Waals surface area contributed by atoms with Crippen molar-refractivity contribution in [2.75, 3.05) is 5.32 Å². The SMILES string of the molecule is O=C(Nc1ccc(C2CCC3(CC2)CC3C(=O)O)cc1)c1nnc(Cc2cccc(Cl)c2)o1. The van der Waals surface area contributed by atoms with Gasteiger partial charge in [0.25, 0.3) is 0 Å². The van der Waals surface area contributed by atoms with Crippen LogP contribution in [-0.2, 0) is 11.2 Å². The maximum Gasteiger partial charge on any atom is 0.313 e. The Labute approximate surface area is 196 Å². The number of anilines is 1. The van der Waals surface area contributed by atoms with E-state index in [0.29, 0.717) is 28.9 Å². The number of rotatable bonds is 6. The summed E-state index contributed by atoms with van der Waals surface area (Å²) >= 11 is 6.00. The fraction of sp³-hybridized carbons (Fsp3) is 0.360. The number of amides is 1. The van der Waals surface area contributed by atoms with Gasteiger partial charge in [-0.15, -0.1) is 10.2 Å². The fourth-order valence-corrected chi connectivity index (χ4v) is 5.25. The van der Waals surface area contributed by atoms with Crippen LogP contribution in [0, 0.1) is 11.3 Å². The van der Waals surface area contributed by atoms with Crippen LogP contribution in [0.4, 0.5) is 5.69 Å². The van der Waals surface area contributed by atoms with Crippen molar-refractivity contribution in [2.24, 2.45) is 11.3 Å². The van der Waals surface area contributed by atoms with Crippen LogP contribution in [0.5, 0.6) is 0 Å². The third-order valence-corrected chi connectivity index (χ3v) is 7.25. The Hall–Kier alpha value is -3.19. The van der Waals surface area contributed by atoms with E-state index in [0.717, 1.165) is 37.7 Å². The molecule has 7 nitrogen and oxygen atoms in total. The first kappa shape index (κ1) is 21.6. The number of nitrogens with one attached hydrogen (secondary N) is 1. The first-order valence-corrected chi connectivity index (χ1v) is 11.5. The molecular formula is C25H24ClN3O4. The highest BCUT2D eigenvalue weighted by atomic mass is 35.5. The van der Waals surface area contributed by atoms with E-state index in [9.17, 15) is 14.7 Å². The lowest BCUT2D eigenvalue weighted by atomic mass is 9.76. The first-order valence-electron chi connectivity index (χ1n) is 11.1. The zero-order valence-electron chi connectivity index (χ0n) is 18.0. The molecule has 33 heavy (non-hydrogen) atoms. The molecule has 1 spiro atoms. The molecule has 2 saturated carbocycles. The Morgan fingerprint density at radius 1 is 1.12 bits per heavy atom. The topological polar surface area (TPSA) is 105 Å². The summed E-state index contributed by atoms with van der Waals surface area (Å²) in [7, 11) is 0.